The summed E-state index contributed by atoms with van der Waals surface area (Å²) < 4.78 is 0.981. The van der Waals surface area contributed by atoms with Crippen molar-refractivity contribution in [3.63, 3.8) is 0 Å². The molecule has 0 aliphatic carbocycles. The summed E-state index contributed by atoms with van der Waals surface area (Å²) in [7, 11) is 0. The van der Waals surface area contributed by atoms with Crippen molar-refractivity contribution in [3.05, 3.63) is 57.6 Å². The number of nitrogens with zero attached hydrogens (tertiary/aromatic N) is 2. The Morgan fingerprint density at radius 2 is 1.83 bits per heavy atom. The lowest BCUT2D eigenvalue weighted by Gasteiger charge is -2.13. The number of hydrogen-bond donors (Lipinski definition) is 1. The largest absolute Gasteiger partial charge is 0.324 e. The van der Waals surface area contributed by atoms with Crippen molar-refractivity contribution >= 4 is 15.9 Å². The molecule has 2 heterocycles. The SMILES string of the molecule is Cc1cc(C(N)Cc2cncc(Br)c2)cc(C)n1. The van der Waals surface area contributed by atoms with Gasteiger partial charge in [0.05, 0.1) is 0 Å². The van der Waals surface area contributed by atoms with E-state index in [2.05, 4.69) is 25.9 Å². The molecule has 0 saturated carbocycles. The van der Waals surface area contributed by atoms with E-state index in [0.717, 1.165) is 33.4 Å². The van der Waals surface area contributed by atoms with Crippen LogP contribution in [0.25, 0.3) is 0 Å². The van der Waals surface area contributed by atoms with Gasteiger partial charge in [0.25, 0.3) is 0 Å². The quantitative estimate of drug-likeness (QED) is 0.948. The molecule has 1 atom stereocenters. The summed E-state index contributed by atoms with van der Waals surface area (Å²) in [5.74, 6) is 0. The topological polar surface area (TPSA) is 51.8 Å². The Hall–Kier alpha value is -1.26. The van der Waals surface area contributed by atoms with Crippen LogP contribution < -0.4 is 5.73 Å². The smallest absolute Gasteiger partial charge is 0.0410 e. The molecule has 94 valence electrons. The molecule has 1 unspecified atom stereocenters. The van der Waals surface area contributed by atoms with Crippen LogP contribution in [0.4, 0.5) is 0 Å². The van der Waals surface area contributed by atoms with Crippen LogP contribution in [0.15, 0.2) is 35.1 Å². The van der Waals surface area contributed by atoms with E-state index in [4.69, 9.17) is 5.73 Å². The highest BCUT2D eigenvalue weighted by atomic mass is 79.9. The molecular formula is C14H16BrN3. The maximum atomic E-state index is 6.24. The molecule has 0 bridgehead atoms. The lowest BCUT2D eigenvalue weighted by molar-refractivity contribution is 0.715. The Labute approximate surface area is 116 Å². The molecule has 0 amide bonds. The van der Waals surface area contributed by atoms with E-state index in [-0.39, 0.29) is 6.04 Å². The van der Waals surface area contributed by atoms with E-state index < -0.39 is 0 Å². The van der Waals surface area contributed by atoms with E-state index in [1.165, 1.54) is 0 Å². The molecule has 0 aliphatic heterocycles. The van der Waals surface area contributed by atoms with Crippen LogP contribution in [0.1, 0.15) is 28.6 Å². The van der Waals surface area contributed by atoms with Crippen molar-refractivity contribution in [1.29, 1.82) is 0 Å². The molecule has 2 N–H and O–H groups in total. The number of rotatable bonds is 3. The van der Waals surface area contributed by atoms with Crippen LogP contribution in [-0.2, 0) is 6.42 Å². The van der Waals surface area contributed by atoms with Gasteiger partial charge in [-0.1, -0.05) is 0 Å². The van der Waals surface area contributed by atoms with Crippen LogP contribution in [0.3, 0.4) is 0 Å². The average molecular weight is 306 g/mol. The Bertz CT molecular complexity index is 534. The monoisotopic (exact) mass is 305 g/mol. The first-order chi connectivity index (χ1) is 8.54. The Balaban J connectivity index is 2.19. The van der Waals surface area contributed by atoms with Gasteiger partial charge in [0.2, 0.25) is 0 Å². The van der Waals surface area contributed by atoms with Gasteiger partial charge in [0.1, 0.15) is 0 Å². The normalized spacial score (nSPS) is 12.4. The third-order valence-corrected chi connectivity index (χ3v) is 3.18. The van der Waals surface area contributed by atoms with Gasteiger partial charge >= 0.3 is 0 Å². The molecule has 2 aromatic heterocycles. The molecule has 2 aromatic rings. The van der Waals surface area contributed by atoms with Crippen LogP contribution in [-0.4, -0.2) is 9.97 Å². The van der Waals surface area contributed by atoms with Gasteiger partial charge in [-0.25, -0.2) is 0 Å². The first-order valence-electron chi connectivity index (χ1n) is 5.85. The predicted molar refractivity (Wildman–Crippen MR) is 76.3 cm³/mol. The Morgan fingerprint density at radius 1 is 1.17 bits per heavy atom. The van der Waals surface area contributed by atoms with Crippen molar-refractivity contribution < 1.29 is 0 Å². The van der Waals surface area contributed by atoms with E-state index in [0.29, 0.717) is 0 Å². The summed E-state index contributed by atoms with van der Waals surface area (Å²) in [6, 6.07) is 6.11. The maximum Gasteiger partial charge on any atom is 0.0410 e. The summed E-state index contributed by atoms with van der Waals surface area (Å²) in [6.07, 6.45) is 4.40. The molecule has 3 nitrogen and oxygen atoms in total. The van der Waals surface area contributed by atoms with E-state index >= 15 is 0 Å². The fraction of sp³-hybridized carbons (Fsp3) is 0.286. The molecular weight excluding hydrogens is 290 g/mol. The van der Waals surface area contributed by atoms with Gasteiger partial charge in [-0.3, -0.25) is 9.97 Å². The Morgan fingerprint density at radius 3 is 2.44 bits per heavy atom. The summed E-state index contributed by atoms with van der Waals surface area (Å²) in [5.41, 5.74) is 10.5. The zero-order valence-electron chi connectivity index (χ0n) is 10.5. The second-order valence-corrected chi connectivity index (χ2v) is 5.42. The summed E-state index contributed by atoms with van der Waals surface area (Å²) in [5, 5.41) is 0. The fourth-order valence-electron chi connectivity index (χ4n) is 2.02. The van der Waals surface area contributed by atoms with E-state index in [9.17, 15) is 0 Å². The lowest BCUT2D eigenvalue weighted by atomic mass is 10.0. The third-order valence-electron chi connectivity index (χ3n) is 2.75. The fourth-order valence-corrected chi connectivity index (χ4v) is 2.43. The van der Waals surface area contributed by atoms with Gasteiger partial charge in [0, 0.05) is 34.3 Å². The van der Waals surface area contributed by atoms with Crippen molar-refractivity contribution in [2.45, 2.75) is 26.3 Å². The highest BCUT2D eigenvalue weighted by Crippen LogP contribution is 2.19. The maximum absolute atomic E-state index is 6.24. The number of halogens is 1. The van der Waals surface area contributed by atoms with Crippen LogP contribution in [0.2, 0.25) is 0 Å². The molecule has 0 spiro atoms. The minimum absolute atomic E-state index is 0.0264. The van der Waals surface area contributed by atoms with Gasteiger partial charge in [-0.15, -0.1) is 0 Å². The molecule has 0 radical (unpaired) electrons. The average Bonchev–Trinajstić information content (AvgIpc) is 2.27. The molecule has 4 heteroatoms. The van der Waals surface area contributed by atoms with Gasteiger partial charge < -0.3 is 5.73 Å². The summed E-state index contributed by atoms with van der Waals surface area (Å²) in [4.78, 5) is 8.51. The number of pyridine rings is 2. The number of aryl methyl sites for hydroxylation is 2. The van der Waals surface area contributed by atoms with Gasteiger partial charge in [-0.2, -0.15) is 0 Å². The molecule has 18 heavy (non-hydrogen) atoms. The molecule has 0 saturated heterocycles. The molecule has 0 aliphatic rings. The van der Waals surface area contributed by atoms with E-state index in [1.54, 1.807) is 6.20 Å². The summed E-state index contributed by atoms with van der Waals surface area (Å²) in [6.45, 7) is 3.98. The molecule has 0 fully saturated rings. The number of hydrogen-bond acceptors (Lipinski definition) is 3. The third kappa shape index (κ3) is 3.37. The molecule has 2 rings (SSSR count). The predicted octanol–water partition coefficient (Wildman–Crippen LogP) is 3.10. The van der Waals surface area contributed by atoms with Gasteiger partial charge in [0.15, 0.2) is 0 Å². The standard InChI is InChI=1S/C14H16BrN3/c1-9-3-12(4-10(2)18-9)14(16)6-11-5-13(15)8-17-7-11/h3-5,7-8,14H,6,16H2,1-2H3. The second kappa shape index (κ2) is 5.59. The minimum atomic E-state index is -0.0264. The summed E-state index contributed by atoms with van der Waals surface area (Å²) >= 11 is 3.42. The van der Waals surface area contributed by atoms with Crippen LogP contribution >= 0.6 is 15.9 Å². The van der Waals surface area contributed by atoms with Crippen molar-refractivity contribution in [1.82, 2.24) is 9.97 Å². The van der Waals surface area contributed by atoms with Crippen LogP contribution in [0, 0.1) is 13.8 Å². The lowest BCUT2D eigenvalue weighted by Crippen LogP contribution is -2.14. The molecule has 0 aromatic carbocycles. The number of aromatic nitrogens is 2. The first kappa shape index (κ1) is 13.2. The van der Waals surface area contributed by atoms with Crippen LogP contribution in [0.5, 0.6) is 0 Å². The first-order valence-corrected chi connectivity index (χ1v) is 6.64. The Kier molecular flexibility index (Phi) is 4.09. The second-order valence-electron chi connectivity index (χ2n) is 4.51. The zero-order valence-corrected chi connectivity index (χ0v) is 12.1. The number of nitrogens with two attached hydrogens (primary N) is 1. The van der Waals surface area contributed by atoms with Crippen molar-refractivity contribution in [2.75, 3.05) is 0 Å². The van der Waals surface area contributed by atoms with Gasteiger partial charge in [-0.05, 0) is 65.5 Å². The zero-order chi connectivity index (χ0) is 13.1. The van der Waals surface area contributed by atoms with Crippen molar-refractivity contribution in [2.24, 2.45) is 5.73 Å². The van der Waals surface area contributed by atoms with E-state index in [1.807, 2.05) is 38.2 Å². The minimum Gasteiger partial charge on any atom is -0.324 e. The van der Waals surface area contributed by atoms with Crippen molar-refractivity contribution in [3.8, 4) is 0 Å². The highest BCUT2D eigenvalue weighted by Gasteiger charge is 2.09. The highest BCUT2D eigenvalue weighted by molar-refractivity contribution is 9.10.